The summed E-state index contributed by atoms with van der Waals surface area (Å²) in [4.78, 5) is 3.79. The minimum atomic E-state index is -3.39. The minimum absolute atomic E-state index is 0.176. The maximum Gasteiger partial charge on any atom is 0.251 e. The predicted molar refractivity (Wildman–Crippen MR) is 48.1 cm³/mol. The fourth-order valence-electron chi connectivity index (χ4n) is 0.693. The first-order valence-electron chi connectivity index (χ1n) is 3.04. The lowest BCUT2D eigenvalue weighted by molar-refractivity contribution is 0.589. The Bertz CT molecular complexity index is 384. The van der Waals surface area contributed by atoms with Crippen LogP contribution < -0.4 is 4.72 Å². The second-order valence-electron chi connectivity index (χ2n) is 2.05. The van der Waals surface area contributed by atoms with E-state index in [2.05, 4.69) is 9.71 Å². The van der Waals surface area contributed by atoms with Gasteiger partial charge in [0.05, 0.1) is 5.69 Å². The molecule has 1 aromatic rings. The number of aryl methyl sites for hydroxylation is 1. The molecule has 0 unspecified atom stereocenters. The zero-order valence-electron chi connectivity index (χ0n) is 6.46. The second-order valence-corrected chi connectivity index (χ2v) is 5.71. The van der Waals surface area contributed by atoms with E-state index in [1.54, 1.807) is 6.92 Å². The fourth-order valence-corrected chi connectivity index (χ4v) is 3.26. The van der Waals surface area contributed by atoms with Crippen molar-refractivity contribution in [2.24, 2.45) is 0 Å². The lowest BCUT2D eigenvalue weighted by Gasteiger charge is -1.97. The summed E-state index contributed by atoms with van der Waals surface area (Å²) in [5.74, 6) is 0. The van der Waals surface area contributed by atoms with Crippen molar-refractivity contribution in [3.8, 4) is 0 Å². The molecule has 0 atom stereocenters. The molecule has 0 saturated carbocycles. The first kappa shape index (κ1) is 9.91. The van der Waals surface area contributed by atoms with Crippen LogP contribution in [0.15, 0.2) is 4.21 Å². The van der Waals surface area contributed by atoms with E-state index in [-0.39, 0.29) is 8.68 Å². The van der Waals surface area contributed by atoms with Gasteiger partial charge >= 0.3 is 0 Å². The maximum atomic E-state index is 11.2. The van der Waals surface area contributed by atoms with Crippen LogP contribution in [-0.4, -0.2) is 20.4 Å². The Morgan fingerprint density at radius 3 is 2.50 bits per heavy atom. The van der Waals surface area contributed by atoms with Gasteiger partial charge in [-0.25, -0.2) is 18.1 Å². The van der Waals surface area contributed by atoms with E-state index in [1.807, 2.05) is 0 Å². The number of hydrogen-bond donors (Lipinski definition) is 1. The number of thiazole rings is 1. The first-order valence-corrected chi connectivity index (χ1v) is 5.71. The summed E-state index contributed by atoms with van der Waals surface area (Å²) < 4.78 is 25.1. The van der Waals surface area contributed by atoms with E-state index < -0.39 is 10.0 Å². The average Bonchev–Trinajstić information content (AvgIpc) is 2.31. The SMILES string of the molecule is CNS(=O)(=O)c1sc(Cl)nc1C. The molecule has 0 amide bonds. The van der Waals surface area contributed by atoms with Gasteiger partial charge in [0.1, 0.15) is 0 Å². The van der Waals surface area contributed by atoms with E-state index in [0.717, 1.165) is 11.3 Å². The molecular weight excluding hydrogens is 220 g/mol. The van der Waals surface area contributed by atoms with Crippen molar-refractivity contribution in [2.45, 2.75) is 11.1 Å². The molecule has 0 bridgehead atoms. The monoisotopic (exact) mass is 226 g/mol. The zero-order chi connectivity index (χ0) is 9.35. The number of aromatic nitrogens is 1. The van der Waals surface area contributed by atoms with E-state index in [1.165, 1.54) is 7.05 Å². The summed E-state index contributed by atoms with van der Waals surface area (Å²) in [5, 5.41) is 0. The quantitative estimate of drug-likeness (QED) is 0.819. The lowest BCUT2D eigenvalue weighted by Crippen LogP contribution is -2.18. The van der Waals surface area contributed by atoms with E-state index >= 15 is 0 Å². The summed E-state index contributed by atoms with van der Waals surface area (Å²) in [6.45, 7) is 1.60. The van der Waals surface area contributed by atoms with Gasteiger partial charge in [-0.05, 0) is 14.0 Å². The molecular formula is C5H7ClN2O2S2. The Hall–Kier alpha value is -0.170. The van der Waals surface area contributed by atoms with Gasteiger partial charge in [-0.15, -0.1) is 0 Å². The summed E-state index contributed by atoms with van der Waals surface area (Å²) in [6, 6.07) is 0. The highest BCUT2D eigenvalue weighted by atomic mass is 35.5. The van der Waals surface area contributed by atoms with Crippen LogP contribution in [0.4, 0.5) is 0 Å². The van der Waals surface area contributed by atoms with Crippen molar-refractivity contribution >= 4 is 33.0 Å². The van der Waals surface area contributed by atoms with Crippen molar-refractivity contribution in [3.63, 3.8) is 0 Å². The van der Waals surface area contributed by atoms with Crippen molar-refractivity contribution < 1.29 is 8.42 Å². The number of halogens is 1. The van der Waals surface area contributed by atoms with Gasteiger partial charge in [0.2, 0.25) is 0 Å². The smallest absolute Gasteiger partial charge is 0.229 e. The first-order chi connectivity index (χ1) is 5.47. The van der Waals surface area contributed by atoms with Gasteiger partial charge in [0, 0.05) is 0 Å². The second kappa shape index (κ2) is 3.29. The van der Waals surface area contributed by atoms with Crippen molar-refractivity contribution in [1.29, 1.82) is 0 Å². The van der Waals surface area contributed by atoms with Gasteiger partial charge in [0.15, 0.2) is 8.68 Å². The summed E-state index contributed by atoms with van der Waals surface area (Å²) in [6.07, 6.45) is 0. The highest BCUT2D eigenvalue weighted by molar-refractivity contribution is 7.91. The van der Waals surface area contributed by atoms with Crippen LogP contribution in [0, 0.1) is 6.92 Å². The molecule has 0 aliphatic heterocycles. The predicted octanol–water partition coefficient (Wildman–Crippen LogP) is 1.01. The normalized spacial score (nSPS) is 11.9. The molecule has 0 saturated heterocycles. The van der Waals surface area contributed by atoms with Crippen molar-refractivity contribution in [3.05, 3.63) is 10.2 Å². The molecule has 0 aliphatic carbocycles. The number of hydrogen-bond acceptors (Lipinski definition) is 4. The Labute approximate surface area is 79.6 Å². The molecule has 1 heterocycles. The van der Waals surface area contributed by atoms with Gasteiger partial charge in [-0.2, -0.15) is 0 Å². The van der Waals surface area contributed by atoms with Crippen LogP contribution in [0.1, 0.15) is 5.69 Å². The molecule has 0 aliphatic rings. The fraction of sp³-hybridized carbons (Fsp3) is 0.400. The van der Waals surface area contributed by atoms with Gasteiger partial charge in [-0.3, -0.25) is 0 Å². The molecule has 1 rings (SSSR count). The van der Waals surface area contributed by atoms with E-state index in [0.29, 0.717) is 5.69 Å². The molecule has 12 heavy (non-hydrogen) atoms. The Morgan fingerprint density at radius 1 is 1.58 bits per heavy atom. The summed E-state index contributed by atoms with van der Waals surface area (Å²) in [7, 11) is -2.04. The third kappa shape index (κ3) is 1.77. The van der Waals surface area contributed by atoms with Crippen LogP contribution in [-0.2, 0) is 10.0 Å². The molecule has 0 spiro atoms. The van der Waals surface area contributed by atoms with E-state index in [4.69, 9.17) is 11.6 Å². The number of rotatable bonds is 2. The molecule has 68 valence electrons. The van der Waals surface area contributed by atoms with Crippen LogP contribution in [0.5, 0.6) is 0 Å². The Morgan fingerprint density at radius 2 is 2.17 bits per heavy atom. The highest BCUT2D eigenvalue weighted by Crippen LogP contribution is 2.25. The third-order valence-electron chi connectivity index (χ3n) is 1.24. The molecule has 0 aromatic carbocycles. The molecule has 4 nitrogen and oxygen atoms in total. The van der Waals surface area contributed by atoms with Crippen molar-refractivity contribution in [1.82, 2.24) is 9.71 Å². The van der Waals surface area contributed by atoms with Crippen LogP contribution in [0.3, 0.4) is 0 Å². The Balaban J connectivity index is 3.29. The summed E-state index contributed by atoms with van der Waals surface area (Å²) >= 11 is 6.49. The minimum Gasteiger partial charge on any atom is -0.229 e. The molecule has 7 heteroatoms. The number of nitrogens with one attached hydrogen (secondary N) is 1. The largest absolute Gasteiger partial charge is 0.251 e. The molecule has 0 radical (unpaired) electrons. The maximum absolute atomic E-state index is 11.2. The number of sulfonamides is 1. The Kier molecular flexibility index (Phi) is 2.72. The van der Waals surface area contributed by atoms with Crippen molar-refractivity contribution in [2.75, 3.05) is 7.05 Å². The molecule has 1 aromatic heterocycles. The van der Waals surface area contributed by atoms with Crippen LogP contribution in [0.25, 0.3) is 0 Å². The lowest BCUT2D eigenvalue weighted by atomic mass is 10.6. The highest BCUT2D eigenvalue weighted by Gasteiger charge is 2.18. The van der Waals surface area contributed by atoms with Crippen LogP contribution >= 0.6 is 22.9 Å². The van der Waals surface area contributed by atoms with E-state index in [9.17, 15) is 8.42 Å². The third-order valence-corrected chi connectivity index (χ3v) is 4.53. The van der Waals surface area contributed by atoms with Gasteiger partial charge in [-0.1, -0.05) is 22.9 Å². The standard InChI is InChI=1S/C5H7ClN2O2S2/c1-3-4(11-5(6)8-3)12(9,10)7-2/h7H,1-2H3. The topological polar surface area (TPSA) is 59.1 Å². The van der Waals surface area contributed by atoms with Gasteiger partial charge in [0.25, 0.3) is 10.0 Å². The summed E-state index contributed by atoms with van der Waals surface area (Å²) in [5.41, 5.74) is 0.430. The van der Waals surface area contributed by atoms with Crippen LogP contribution in [0.2, 0.25) is 4.47 Å². The van der Waals surface area contributed by atoms with Gasteiger partial charge < -0.3 is 0 Å². The average molecular weight is 227 g/mol. The molecule has 0 fully saturated rings. The molecule has 1 N–H and O–H groups in total. The number of nitrogens with zero attached hydrogens (tertiary/aromatic N) is 1. The zero-order valence-corrected chi connectivity index (χ0v) is 8.85.